The lowest BCUT2D eigenvalue weighted by molar-refractivity contribution is 0.0671. The number of imidazole rings is 1. The quantitative estimate of drug-likeness (QED) is 0.774. The molecule has 2 heterocycles. The summed E-state index contributed by atoms with van der Waals surface area (Å²) in [7, 11) is 0. The number of carbonyl (C=O) groups excluding carboxylic acids is 2. The molecule has 6 heteroatoms. The van der Waals surface area contributed by atoms with Crippen LogP contribution in [0.15, 0.2) is 30.3 Å². The number of hydrogen-bond donors (Lipinski definition) is 1. The SMILES string of the molecule is CCC(C)NC(=O)c1nc(C(=O)N(Cc2ccccc2)C(C)C)n2c1CCCC2. The van der Waals surface area contributed by atoms with Crippen LogP contribution in [-0.4, -0.2) is 38.3 Å². The molecule has 0 aliphatic carbocycles. The smallest absolute Gasteiger partial charge is 0.290 e. The van der Waals surface area contributed by atoms with Gasteiger partial charge in [-0.25, -0.2) is 4.98 Å². The maximum Gasteiger partial charge on any atom is 0.290 e. The average Bonchev–Trinajstić information content (AvgIpc) is 3.12. The van der Waals surface area contributed by atoms with Gasteiger partial charge in [0.15, 0.2) is 5.82 Å². The van der Waals surface area contributed by atoms with Crippen molar-refractivity contribution in [2.24, 2.45) is 0 Å². The molecule has 2 aromatic rings. The third-order valence-corrected chi connectivity index (χ3v) is 5.59. The number of nitrogens with one attached hydrogen (secondary N) is 1. The summed E-state index contributed by atoms with van der Waals surface area (Å²) >= 11 is 0. The third kappa shape index (κ3) is 4.69. The van der Waals surface area contributed by atoms with Gasteiger partial charge in [-0.1, -0.05) is 37.3 Å². The van der Waals surface area contributed by atoms with E-state index in [0.29, 0.717) is 18.1 Å². The van der Waals surface area contributed by atoms with Crippen LogP contribution in [0.4, 0.5) is 0 Å². The average molecular weight is 397 g/mol. The van der Waals surface area contributed by atoms with Gasteiger partial charge in [0.1, 0.15) is 5.69 Å². The fourth-order valence-corrected chi connectivity index (χ4v) is 3.68. The Kier molecular flexibility index (Phi) is 6.72. The fraction of sp³-hybridized carbons (Fsp3) is 0.522. The van der Waals surface area contributed by atoms with E-state index in [0.717, 1.165) is 43.5 Å². The minimum absolute atomic E-state index is 0.0247. The molecule has 0 radical (unpaired) electrons. The summed E-state index contributed by atoms with van der Waals surface area (Å²) in [4.78, 5) is 32.7. The topological polar surface area (TPSA) is 67.2 Å². The number of benzene rings is 1. The number of nitrogens with zero attached hydrogens (tertiary/aromatic N) is 3. The fourth-order valence-electron chi connectivity index (χ4n) is 3.68. The molecular weight excluding hydrogens is 364 g/mol. The Morgan fingerprint density at radius 3 is 2.55 bits per heavy atom. The maximum absolute atomic E-state index is 13.5. The minimum atomic E-state index is -0.178. The van der Waals surface area contributed by atoms with Gasteiger partial charge in [-0.05, 0) is 52.0 Å². The Labute approximate surface area is 173 Å². The van der Waals surface area contributed by atoms with E-state index in [1.165, 1.54) is 0 Å². The summed E-state index contributed by atoms with van der Waals surface area (Å²) in [5.41, 5.74) is 2.38. The molecule has 0 fully saturated rings. The number of amides is 2. The van der Waals surface area contributed by atoms with Crippen LogP contribution in [0.3, 0.4) is 0 Å². The van der Waals surface area contributed by atoms with Crippen molar-refractivity contribution in [3.05, 3.63) is 53.1 Å². The molecule has 0 saturated heterocycles. The van der Waals surface area contributed by atoms with Crippen LogP contribution in [0.2, 0.25) is 0 Å². The predicted molar refractivity (Wildman–Crippen MR) is 114 cm³/mol. The van der Waals surface area contributed by atoms with Crippen LogP contribution < -0.4 is 5.32 Å². The molecule has 1 aromatic carbocycles. The molecule has 1 aliphatic heterocycles. The van der Waals surface area contributed by atoms with Crippen molar-refractivity contribution < 1.29 is 9.59 Å². The molecule has 3 rings (SSSR count). The van der Waals surface area contributed by atoms with E-state index in [2.05, 4.69) is 10.3 Å². The first-order valence-corrected chi connectivity index (χ1v) is 10.7. The van der Waals surface area contributed by atoms with Gasteiger partial charge in [-0.15, -0.1) is 0 Å². The summed E-state index contributed by atoms with van der Waals surface area (Å²) in [6.07, 6.45) is 3.65. The number of aromatic nitrogens is 2. The van der Waals surface area contributed by atoms with Gasteiger partial charge < -0.3 is 14.8 Å². The highest BCUT2D eigenvalue weighted by molar-refractivity contribution is 5.97. The van der Waals surface area contributed by atoms with E-state index in [1.807, 2.05) is 67.5 Å². The minimum Gasteiger partial charge on any atom is -0.348 e. The molecule has 156 valence electrons. The van der Waals surface area contributed by atoms with Crippen LogP contribution in [-0.2, 0) is 19.5 Å². The van der Waals surface area contributed by atoms with Gasteiger partial charge in [0.25, 0.3) is 11.8 Å². The summed E-state index contributed by atoms with van der Waals surface area (Å²) in [6.45, 7) is 9.29. The lowest BCUT2D eigenvalue weighted by Crippen LogP contribution is -2.38. The van der Waals surface area contributed by atoms with Crippen molar-refractivity contribution in [2.45, 2.75) is 78.6 Å². The van der Waals surface area contributed by atoms with Crippen molar-refractivity contribution in [1.82, 2.24) is 19.8 Å². The maximum atomic E-state index is 13.5. The Hall–Kier alpha value is -2.63. The normalized spacial score (nSPS) is 14.4. The number of carbonyl (C=O) groups is 2. The molecule has 0 bridgehead atoms. The molecule has 1 aliphatic rings. The Balaban J connectivity index is 1.93. The van der Waals surface area contributed by atoms with E-state index < -0.39 is 0 Å². The first kappa shape index (κ1) is 21.1. The summed E-state index contributed by atoms with van der Waals surface area (Å²) < 4.78 is 1.97. The molecule has 1 unspecified atom stereocenters. The zero-order chi connectivity index (χ0) is 21.0. The van der Waals surface area contributed by atoms with Gasteiger partial charge in [0.05, 0.1) is 5.69 Å². The first-order chi connectivity index (χ1) is 13.9. The lowest BCUT2D eigenvalue weighted by Gasteiger charge is -2.27. The second-order valence-corrected chi connectivity index (χ2v) is 8.13. The molecule has 2 amide bonds. The number of hydrogen-bond acceptors (Lipinski definition) is 3. The number of fused-ring (bicyclic) bond motifs is 1. The second kappa shape index (κ2) is 9.25. The molecule has 1 N–H and O–H groups in total. The molecule has 1 aromatic heterocycles. The summed E-state index contributed by atoms with van der Waals surface area (Å²) in [5, 5.41) is 3.00. The van der Waals surface area contributed by atoms with Crippen LogP contribution in [0.5, 0.6) is 0 Å². The molecule has 6 nitrogen and oxygen atoms in total. The standard InChI is InChI=1S/C23H32N4O2/c1-5-17(4)24-22(28)20-19-13-9-10-14-26(19)21(25-20)23(29)27(16(2)3)15-18-11-7-6-8-12-18/h6-8,11-12,16-17H,5,9-10,13-15H2,1-4H3,(H,24,28). The highest BCUT2D eigenvalue weighted by Crippen LogP contribution is 2.23. The molecule has 29 heavy (non-hydrogen) atoms. The van der Waals surface area contributed by atoms with E-state index in [9.17, 15) is 9.59 Å². The highest BCUT2D eigenvalue weighted by Gasteiger charge is 2.31. The van der Waals surface area contributed by atoms with E-state index in [1.54, 1.807) is 0 Å². The largest absolute Gasteiger partial charge is 0.348 e. The Bertz CT molecular complexity index is 857. The Morgan fingerprint density at radius 1 is 1.17 bits per heavy atom. The molecule has 0 saturated carbocycles. The van der Waals surface area contributed by atoms with Crippen molar-refractivity contribution in [2.75, 3.05) is 0 Å². The van der Waals surface area contributed by atoms with Crippen LogP contribution in [0.1, 0.15) is 79.3 Å². The Morgan fingerprint density at radius 2 is 1.90 bits per heavy atom. The van der Waals surface area contributed by atoms with Crippen molar-refractivity contribution in [3.63, 3.8) is 0 Å². The molecule has 1 atom stereocenters. The van der Waals surface area contributed by atoms with Crippen LogP contribution in [0.25, 0.3) is 0 Å². The van der Waals surface area contributed by atoms with Crippen molar-refractivity contribution in [1.29, 1.82) is 0 Å². The third-order valence-electron chi connectivity index (χ3n) is 5.59. The summed E-state index contributed by atoms with van der Waals surface area (Å²) in [5.74, 6) is 0.0939. The van der Waals surface area contributed by atoms with Gasteiger partial charge in [-0.3, -0.25) is 9.59 Å². The van der Waals surface area contributed by atoms with Crippen LogP contribution >= 0.6 is 0 Å². The van der Waals surface area contributed by atoms with Crippen LogP contribution in [0, 0.1) is 0 Å². The zero-order valence-corrected chi connectivity index (χ0v) is 17.9. The van der Waals surface area contributed by atoms with Crippen molar-refractivity contribution in [3.8, 4) is 0 Å². The van der Waals surface area contributed by atoms with E-state index >= 15 is 0 Å². The van der Waals surface area contributed by atoms with Gasteiger partial charge in [-0.2, -0.15) is 0 Å². The molecule has 0 spiro atoms. The van der Waals surface area contributed by atoms with Gasteiger partial charge in [0.2, 0.25) is 0 Å². The van der Waals surface area contributed by atoms with Crippen molar-refractivity contribution >= 4 is 11.8 Å². The lowest BCUT2D eigenvalue weighted by atomic mass is 10.1. The zero-order valence-electron chi connectivity index (χ0n) is 17.9. The molecular formula is C23H32N4O2. The van der Waals surface area contributed by atoms with E-state index in [-0.39, 0.29) is 23.9 Å². The van der Waals surface area contributed by atoms with Gasteiger partial charge >= 0.3 is 0 Å². The highest BCUT2D eigenvalue weighted by atomic mass is 16.2. The first-order valence-electron chi connectivity index (χ1n) is 10.7. The van der Waals surface area contributed by atoms with Gasteiger partial charge in [0, 0.05) is 25.2 Å². The second-order valence-electron chi connectivity index (χ2n) is 8.13. The summed E-state index contributed by atoms with van der Waals surface area (Å²) in [6, 6.07) is 10.1. The van der Waals surface area contributed by atoms with E-state index in [4.69, 9.17) is 0 Å². The monoisotopic (exact) mass is 396 g/mol. The predicted octanol–water partition coefficient (Wildman–Crippen LogP) is 3.80. The number of rotatable bonds is 7.